The van der Waals surface area contributed by atoms with Crippen molar-refractivity contribution < 1.29 is 4.74 Å². The zero-order valence-corrected chi connectivity index (χ0v) is 8.81. The Hall–Kier alpha value is -0.0800. The summed E-state index contributed by atoms with van der Waals surface area (Å²) in [5, 5.41) is 3.66. The molecule has 1 saturated heterocycles. The summed E-state index contributed by atoms with van der Waals surface area (Å²) < 4.78 is 5.99. The fourth-order valence-electron chi connectivity index (χ4n) is 2.44. The van der Waals surface area contributed by atoms with E-state index < -0.39 is 0 Å². The molecular weight excluding hydrogens is 162 g/mol. The van der Waals surface area contributed by atoms with Crippen LogP contribution in [-0.2, 0) is 4.74 Å². The maximum atomic E-state index is 5.99. The topological polar surface area (TPSA) is 21.3 Å². The summed E-state index contributed by atoms with van der Waals surface area (Å²) in [5.41, 5.74) is 0.0876. The molecule has 2 heteroatoms. The predicted octanol–water partition coefficient (Wildman–Crippen LogP) is 1.94. The number of hydrogen-bond acceptors (Lipinski definition) is 2. The van der Waals surface area contributed by atoms with E-state index in [0.29, 0.717) is 0 Å². The highest BCUT2D eigenvalue weighted by Crippen LogP contribution is 2.30. The van der Waals surface area contributed by atoms with Gasteiger partial charge in [0, 0.05) is 12.6 Å². The Labute approximate surface area is 81.0 Å². The number of hydrogen-bond donors (Lipinski definition) is 1. The number of rotatable bonds is 1. The minimum Gasteiger partial charge on any atom is -0.374 e. The van der Waals surface area contributed by atoms with E-state index in [0.717, 1.165) is 31.5 Å². The summed E-state index contributed by atoms with van der Waals surface area (Å²) in [6, 6.07) is 0.744. The summed E-state index contributed by atoms with van der Waals surface area (Å²) >= 11 is 0. The highest BCUT2D eigenvalue weighted by atomic mass is 16.5. The van der Waals surface area contributed by atoms with E-state index in [1.165, 1.54) is 19.3 Å². The molecule has 2 aliphatic rings. The lowest BCUT2D eigenvalue weighted by molar-refractivity contribution is -0.0332. The van der Waals surface area contributed by atoms with Crippen LogP contribution in [0.2, 0.25) is 0 Å². The van der Waals surface area contributed by atoms with E-state index in [2.05, 4.69) is 19.2 Å². The fraction of sp³-hybridized carbons (Fsp3) is 1.00. The van der Waals surface area contributed by atoms with Crippen molar-refractivity contribution in [1.29, 1.82) is 0 Å². The van der Waals surface area contributed by atoms with Gasteiger partial charge < -0.3 is 10.1 Å². The van der Waals surface area contributed by atoms with Gasteiger partial charge in [0.25, 0.3) is 0 Å². The molecule has 0 amide bonds. The third kappa shape index (κ3) is 1.89. The van der Waals surface area contributed by atoms with Crippen LogP contribution in [0.4, 0.5) is 0 Å². The lowest BCUT2D eigenvalue weighted by atomic mass is 10.0. The molecule has 0 aromatic rings. The van der Waals surface area contributed by atoms with E-state index in [4.69, 9.17) is 4.74 Å². The first-order valence-corrected chi connectivity index (χ1v) is 5.61. The third-order valence-electron chi connectivity index (χ3n) is 3.79. The Kier molecular flexibility index (Phi) is 2.61. The fourth-order valence-corrected chi connectivity index (χ4v) is 2.44. The average molecular weight is 183 g/mol. The molecule has 1 saturated carbocycles. The third-order valence-corrected chi connectivity index (χ3v) is 3.79. The minimum atomic E-state index is 0.0876. The van der Waals surface area contributed by atoms with Gasteiger partial charge in [0.15, 0.2) is 0 Å². The smallest absolute Gasteiger partial charge is 0.0775 e. The van der Waals surface area contributed by atoms with Gasteiger partial charge in [0.2, 0.25) is 0 Å². The van der Waals surface area contributed by atoms with E-state index >= 15 is 0 Å². The van der Waals surface area contributed by atoms with Gasteiger partial charge in [-0.1, -0.05) is 13.3 Å². The monoisotopic (exact) mass is 183 g/mol. The summed E-state index contributed by atoms with van der Waals surface area (Å²) in [6.07, 6.45) is 5.21. The maximum Gasteiger partial charge on any atom is 0.0775 e. The van der Waals surface area contributed by atoms with Crippen molar-refractivity contribution in [1.82, 2.24) is 5.32 Å². The van der Waals surface area contributed by atoms with Crippen LogP contribution < -0.4 is 5.32 Å². The Morgan fingerprint density at radius 1 is 1.46 bits per heavy atom. The number of fused-ring (bicyclic) bond motifs is 1. The lowest BCUT2D eigenvalue weighted by Gasteiger charge is -2.26. The summed E-state index contributed by atoms with van der Waals surface area (Å²) in [5.74, 6) is 0.786. The van der Waals surface area contributed by atoms with Gasteiger partial charge in [0.05, 0.1) is 12.2 Å². The van der Waals surface area contributed by atoms with Crippen molar-refractivity contribution >= 4 is 0 Å². The molecule has 2 nitrogen and oxygen atoms in total. The molecule has 0 spiro atoms. The zero-order valence-electron chi connectivity index (χ0n) is 8.81. The van der Waals surface area contributed by atoms with Crippen molar-refractivity contribution in [2.75, 3.05) is 13.2 Å². The van der Waals surface area contributed by atoms with Crippen molar-refractivity contribution in [3.8, 4) is 0 Å². The second-order valence-corrected chi connectivity index (χ2v) is 4.79. The van der Waals surface area contributed by atoms with Gasteiger partial charge in [0.1, 0.15) is 0 Å². The Bertz CT molecular complexity index is 167. The molecule has 2 fully saturated rings. The molecule has 3 atom stereocenters. The molecule has 0 radical (unpaired) electrons. The van der Waals surface area contributed by atoms with Gasteiger partial charge in [-0.05, 0) is 32.1 Å². The number of ether oxygens (including phenoxy) is 1. The largest absolute Gasteiger partial charge is 0.374 e. The van der Waals surface area contributed by atoms with Crippen LogP contribution in [-0.4, -0.2) is 24.8 Å². The molecule has 76 valence electrons. The molecule has 3 unspecified atom stereocenters. The summed E-state index contributed by atoms with van der Waals surface area (Å²) in [6.45, 7) is 6.44. The molecule has 0 aromatic carbocycles. The molecule has 13 heavy (non-hydrogen) atoms. The SMILES string of the molecule is CCC1(C)CNC2CCCC2CO1. The van der Waals surface area contributed by atoms with Crippen LogP contribution in [0.25, 0.3) is 0 Å². The van der Waals surface area contributed by atoms with Gasteiger partial charge >= 0.3 is 0 Å². The lowest BCUT2D eigenvalue weighted by Crippen LogP contribution is -2.40. The van der Waals surface area contributed by atoms with Gasteiger partial charge in [-0.2, -0.15) is 0 Å². The highest BCUT2D eigenvalue weighted by Gasteiger charge is 2.35. The van der Waals surface area contributed by atoms with Crippen LogP contribution in [0.5, 0.6) is 0 Å². The first kappa shape index (κ1) is 9.47. The molecule has 1 heterocycles. The standard InChI is InChI=1S/C11H21NO/c1-3-11(2)8-12-10-6-4-5-9(10)7-13-11/h9-10,12H,3-8H2,1-2H3. The van der Waals surface area contributed by atoms with Crippen LogP contribution in [0.3, 0.4) is 0 Å². The summed E-state index contributed by atoms with van der Waals surface area (Å²) in [4.78, 5) is 0. The van der Waals surface area contributed by atoms with E-state index in [1.54, 1.807) is 0 Å². The Morgan fingerprint density at radius 3 is 3.08 bits per heavy atom. The second-order valence-electron chi connectivity index (χ2n) is 4.79. The molecule has 0 aromatic heterocycles. The first-order valence-electron chi connectivity index (χ1n) is 5.61. The zero-order chi connectivity index (χ0) is 9.31. The van der Waals surface area contributed by atoms with E-state index in [9.17, 15) is 0 Å². The predicted molar refractivity (Wildman–Crippen MR) is 53.8 cm³/mol. The summed E-state index contributed by atoms with van der Waals surface area (Å²) in [7, 11) is 0. The molecule has 0 bridgehead atoms. The van der Waals surface area contributed by atoms with Crippen LogP contribution in [0, 0.1) is 5.92 Å². The molecule has 1 aliphatic carbocycles. The Morgan fingerprint density at radius 2 is 2.31 bits per heavy atom. The van der Waals surface area contributed by atoms with Crippen molar-refractivity contribution in [3.05, 3.63) is 0 Å². The highest BCUT2D eigenvalue weighted by molar-refractivity contribution is 4.90. The minimum absolute atomic E-state index is 0.0876. The normalized spacial score (nSPS) is 45.7. The molecule has 2 rings (SSSR count). The van der Waals surface area contributed by atoms with Crippen molar-refractivity contribution in [3.63, 3.8) is 0 Å². The van der Waals surface area contributed by atoms with Crippen molar-refractivity contribution in [2.45, 2.75) is 51.2 Å². The maximum absolute atomic E-state index is 5.99. The van der Waals surface area contributed by atoms with Gasteiger partial charge in [-0.25, -0.2) is 0 Å². The average Bonchev–Trinajstić information content (AvgIpc) is 2.54. The van der Waals surface area contributed by atoms with Gasteiger partial charge in [-0.3, -0.25) is 0 Å². The van der Waals surface area contributed by atoms with Gasteiger partial charge in [-0.15, -0.1) is 0 Å². The van der Waals surface area contributed by atoms with Crippen LogP contribution in [0.1, 0.15) is 39.5 Å². The van der Waals surface area contributed by atoms with Crippen molar-refractivity contribution in [2.24, 2.45) is 5.92 Å². The molecule has 1 aliphatic heterocycles. The van der Waals surface area contributed by atoms with E-state index in [1.807, 2.05) is 0 Å². The molecule has 1 N–H and O–H groups in total. The van der Waals surface area contributed by atoms with Crippen LogP contribution in [0.15, 0.2) is 0 Å². The first-order chi connectivity index (χ1) is 6.23. The Balaban J connectivity index is 1.98. The second kappa shape index (κ2) is 3.58. The number of nitrogens with one attached hydrogen (secondary N) is 1. The van der Waals surface area contributed by atoms with Crippen LogP contribution >= 0.6 is 0 Å². The molecular formula is C11H21NO. The quantitative estimate of drug-likeness (QED) is 0.671. The van der Waals surface area contributed by atoms with E-state index in [-0.39, 0.29) is 5.60 Å².